The number of nitrogens with one attached hydrogen (secondary N) is 3. The second-order valence-electron chi connectivity index (χ2n) is 5.77. The number of aliphatic hydroxyl groups is 1. The Morgan fingerprint density at radius 3 is 2.25 bits per heavy atom. The van der Waals surface area contributed by atoms with Crippen molar-refractivity contribution in [2.45, 2.75) is 6.36 Å². The molecule has 0 bridgehead atoms. The first-order valence-corrected chi connectivity index (χ1v) is 7.79. The lowest BCUT2D eigenvalue weighted by Gasteiger charge is -2.28. The molecule has 6 nitrogen and oxygen atoms in total. The van der Waals surface area contributed by atoms with E-state index >= 15 is 0 Å². The molecule has 134 valence electrons. The number of carbonyl (C=O) groups excluding carboxylic acids is 1. The summed E-state index contributed by atoms with van der Waals surface area (Å²) in [6.45, 7) is 4.72. The summed E-state index contributed by atoms with van der Waals surface area (Å²) >= 11 is 0. The van der Waals surface area contributed by atoms with E-state index in [2.05, 4.69) is 10.1 Å². The van der Waals surface area contributed by atoms with Crippen molar-refractivity contribution in [3.8, 4) is 5.75 Å². The van der Waals surface area contributed by atoms with Gasteiger partial charge in [0.05, 0.1) is 6.61 Å². The van der Waals surface area contributed by atoms with Gasteiger partial charge in [0.1, 0.15) is 38.5 Å². The molecular formula is C15H22F3N3O3+2. The number of quaternary nitrogens is 2. The van der Waals surface area contributed by atoms with E-state index in [9.17, 15) is 18.0 Å². The van der Waals surface area contributed by atoms with Gasteiger partial charge in [-0.3, -0.25) is 4.79 Å². The minimum Gasteiger partial charge on any atom is -0.406 e. The Balaban J connectivity index is 1.76. The summed E-state index contributed by atoms with van der Waals surface area (Å²) < 4.78 is 40.0. The van der Waals surface area contributed by atoms with Gasteiger partial charge in [-0.2, -0.15) is 0 Å². The maximum atomic E-state index is 12.1. The first-order valence-electron chi connectivity index (χ1n) is 7.79. The van der Waals surface area contributed by atoms with Gasteiger partial charge >= 0.3 is 6.36 Å². The highest BCUT2D eigenvalue weighted by molar-refractivity contribution is 5.91. The second kappa shape index (κ2) is 8.32. The zero-order valence-corrected chi connectivity index (χ0v) is 13.2. The molecule has 1 heterocycles. The average molecular weight is 349 g/mol. The molecule has 1 amide bonds. The monoisotopic (exact) mass is 349 g/mol. The van der Waals surface area contributed by atoms with Gasteiger partial charge in [0.25, 0.3) is 5.91 Å². The largest absolute Gasteiger partial charge is 0.573 e. The van der Waals surface area contributed by atoms with E-state index in [1.165, 1.54) is 17.0 Å². The van der Waals surface area contributed by atoms with Crippen molar-refractivity contribution in [2.75, 3.05) is 51.2 Å². The summed E-state index contributed by atoms with van der Waals surface area (Å²) in [6, 6.07) is 5.06. The van der Waals surface area contributed by atoms with Gasteiger partial charge in [-0.25, -0.2) is 0 Å². The number of piperazine rings is 1. The topological polar surface area (TPSA) is 67.4 Å². The Labute approximate surface area is 137 Å². The number of amides is 1. The molecular weight excluding hydrogens is 327 g/mol. The molecule has 2 rings (SSSR count). The van der Waals surface area contributed by atoms with Gasteiger partial charge in [-0.15, -0.1) is 13.2 Å². The maximum absolute atomic E-state index is 12.1. The van der Waals surface area contributed by atoms with Crippen molar-refractivity contribution in [3.63, 3.8) is 0 Å². The molecule has 0 saturated carbocycles. The predicted octanol–water partition coefficient (Wildman–Crippen LogP) is -1.70. The minimum atomic E-state index is -4.73. The van der Waals surface area contributed by atoms with Crippen LogP contribution in [0, 0.1) is 0 Å². The molecule has 24 heavy (non-hydrogen) atoms. The van der Waals surface area contributed by atoms with Crippen molar-refractivity contribution < 1.29 is 37.6 Å². The second-order valence-corrected chi connectivity index (χ2v) is 5.77. The Bertz CT molecular complexity index is 529. The number of aliphatic hydroxyl groups excluding tert-OH is 1. The number of carbonyl (C=O) groups is 1. The normalized spacial score (nSPS) is 21.3. The standard InChI is InChI=1S/C15H20F3N3O3/c16-15(17,18)24-13-3-1-12(2-4-13)19-14(23)11-21-7-5-20(6-8-21)9-10-22/h1-4,22H,5-11H2,(H,19,23)/p+2. The number of alkyl halides is 3. The summed E-state index contributed by atoms with van der Waals surface area (Å²) in [4.78, 5) is 14.5. The average Bonchev–Trinajstić information content (AvgIpc) is 2.50. The van der Waals surface area contributed by atoms with Crippen LogP contribution in [-0.2, 0) is 4.79 Å². The smallest absolute Gasteiger partial charge is 0.406 e. The third-order valence-corrected chi connectivity index (χ3v) is 3.91. The number of anilines is 1. The fraction of sp³-hybridized carbons (Fsp3) is 0.533. The molecule has 1 saturated heterocycles. The van der Waals surface area contributed by atoms with E-state index in [0.717, 1.165) is 49.8 Å². The highest BCUT2D eigenvalue weighted by atomic mass is 19.4. The predicted molar refractivity (Wildman–Crippen MR) is 80.0 cm³/mol. The van der Waals surface area contributed by atoms with Crippen LogP contribution in [0.2, 0.25) is 0 Å². The fourth-order valence-electron chi connectivity index (χ4n) is 2.71. The van der Waals surface area contributed by atoms with Gasteiger partial charge in [0.2, 0.25) is 0 Å². The van der Waals surface area contributed by atoms with Gasteiger partial charge in [0.15, 0.2) is 6.54 Å². The maximum Gasteiger partial charge on any atom is 0.573 e. The Kier molecular flexibility index (Phi) is 6.41. The number of benzene rings is 1. The molecule has 0 atom stereocenters. The van der Waals surface area contributed by atoms with Crippen LogP contribution in [0.5, 0.6) is 5.75 Å². The van der Waals surface area contributed by atoms with Crippen molar-refractivity contribution >= 4 is 11.6 Å². The lowest BCUT2D eigenvalue weighted by atomic mass is 10.3. The molecule has 0 spiro atoms. The molecule has 0 radical (unpaired) electrons. The lowest BCUT2D eigenvalue weighted by molar-refractivity contribution is -1.01. The number of rotatable bonds is 6. The highest BCUT2D eigenvalue weighted by Gasteiger charge is 2.31. The first kappa shape index (κ1) is 18.5. The summed E-state index contributed by atoms with van der Waals surface area (Å²) in [5, 5.41) is 11.6. The molecule has 0 aliphatic carbocycles. The van der Waals surface area contributed by atoms with Crippen LogP contribution in [-0.4, -0.2) is 63.3 Å². The number of halogens is 3. The number of hydrogen-bond acceptors (Lipinski definition) is 3. The molecule has 1 aliphatic heterocycles. The summed E-state index contributed by atoms with van der Waals surface area (Å²) in [7, 11) is 0. The highest BCUT2D eigenvalue weighted by Crippen LogP contribution is 2.23. The summed E-state index contributed by atoms with van der Waals surface area (Å²) in [5.41, 5.74) is 0.429. The molecule has 1 aromatic rings. The lowest BCUT2D eigenvalue weighted by Crippen LogP contribution is -3.28. The van der Waals surface area contributed by atoms with Gasteiger partial charge < -0.3 is 25.0 Å². The van der Waals surface area contributed by atoms with E-state index in [0.29, 0.717) is 12.2 Å². The zero-order valence-electron chi connectivity index (χ0n) is 13.2. The van der Waals surface area contributed by atoms with Crippen molar-refractivity contribution in [1.82, 2.24) is 0 Å². The number of ether oxygens (including phenoxy) is 1. The van der Waals surface area contributed by atoms with Crippen LogP contribution in [0.4, 0.5) is 18.9 Å². The van der Waals surface area contributed by atoms with Crippen molar-refractivity contribution in [3.05, 3.63) is 24.3 Å². The van der Waals surface area contributed by atoms with Crippen LogP contribution in [0.25, 0.3) is 0 Å². The molecule has 1 fully saturated rings. The van der Waals surface area contributed by atoms with E-state index < -0.39 is 6.36 Å². The van der Waals surface area contributed by atoms with Crippen molar-refractivity contribution in [2.24, 2.45) is 0 Å². The molecule has 9 heteroatoms. The molecule has 0 unspecified atom stereocenters. The zero-order chi connectivity index (χ0) is 17.6. The van der Waals surface area contributed by atoms with Gasteiger partial charge in [-0.05, 0) is 24.3 Å². The fourth-order valence-corrected chi connectivity index (χ4v) is 2.71. The SMILES string of the molecule is O=C(C[NH+]1CC[NH+](CCO)CC1)Nc1ccc(OC(F)(F)F)cc1. The van der Waals surface area contributed by atoms with E-state index in [1.807, 2.05) is 0 Å². The Morgan fingerprint density at radius 2 is 1.71 bits per heavy atom. The third kappa shape index (κ3) is 6.34. The first-order chi connectivity index (χ1) is 11.4. The minimum absolute atomic E-state index is 0.166. The van der Waals surface area contributed by atoms with Crippen LogP contribution in [0.15, 0.2) is 24.3 Å². The molecule has 0 aromatic heterocycles. The van der Waals surface area contributed by atoms with Crippen LogP contribution in [0.1, 0.15) is 0 Å². The van der Waals surface area contributed by atoms with Crippen LogP contribution >= 0.6 is 0 Å². The van der Waals surface area contributed by atoms with Crippen molar-refractivity contribution in [1.29, 1.82) is 0 Å². The van der Waals surface area contributed by atoms with Crippen LogP contribution in [0.3, 0.4) is 0 Å². The molecule has 4 N–H and O–H groups in total. The Hall–Kier alpha value is -1.84. The quantitative estimate of drug-likeness (QED) is 0.495. The molecule has 1 aliphatic rings. The summed E-state index contributed by atoms with van der Waals surface area (Å²) in [6.07, 6.45) is -4.73. The third-order valence-electron chi connectivity index (χ3n) is 3.91. The van der Waals surface area contributed by atoms with E-state index in [4.69, 9.17) is 5.11 Å². The number of hydrogen-bond donors (Lipinski definition) is 4. The van der Waals surface area contributed by atoms with Crippen LogP contribution < -0.4 is 19.9 Å². The van der Waals surface area contributed by atoms with Gasteiger partial charge in [-0.1, -0.05) is 0 Å². The van der Waals surface area contributed by atoms with Gasteiger partial charge in [0, 0.05) is 5.69 Å². The van der Waals surface area contributed by atoms with E-state index in [-0.39, 0.29) is 18.3 Å². The summed E-state index contributed by atoms with van der Waals surface area (Å²) in [5.74, 6) is -0.505. The molecule has 1 aromatic carbocycles. The Morgan fingerprint density at radius 1 is 1.12 bits per heavy atom. The van der Waals surface area contributed by atoms with E-state index in [1.54, 1.807) is 0 Å².